The third-order valence-corrected chi connectivity index (χ3v) is 3.12. The summed E-state index contributed by atoms with van der Waals surface area (Å²) in [7, 11) is 0. The van der Waals surface area contributed by atoms with Crippen molar-refractivity contribution < 1.29 is 5.11 Å². The lowest BCUT2D eigenvalue weighted by Crippen LogP contribution is -2.50. The third-order valence-electron chi connectivity index (χ3n) is 3.12. The monoisotopic (exact) mass is 199 g/mol. The summed E-state index contributed by atoms with van der Waals surface area (Å²) in [5.74, 6) is 0.889. The van der Waals surface area contributed by atoms with Crippen molar-refractivity contribution in [1.29, 1.82) is 0 Å². The second-order valence-electron chi connectivity index (χ2n) is 5.62. The molecule has 0 aromatic rings. The molecule has 0 bridgehead atoms. The number of hydrogen-bond donors (Lipinski definition) is 1. The average molecular weight is 199 g/mol. The van der Waals surface area contributed by atoms with E-state index in [1.54, 1.807) is 0 Å². The molecular weight excluding hydrogens is 174 g/mol. The van der Waals surface area contributed by atoms with Crippen molar-refractivity contribution in [2.24, 2.45) is 5.92 Å². The lowest BCUT2D eigenvalue weighted by molar-refractivity contribution is 0.0435. The predicted molar refractivity (Wildman–Crippen MR) is 60.3 cm³/mol. The van der Waals surface area contributed by atoms with Gasteiger partial charge in [0.2, 0.25) is 0 Å². The van der Waals surface area contributed by atoms with Crippen LogP contribution in [-0.4, -0.2) is 34.7 Å². The molecule has 1 aliphatic heterocycles. The molecule has 0 unspecified atom stereocenters. The second-order valence-corrected chi connectivity index (χ2v) is 5.62. The molecule has 1 rings (SSSR count). The molecule has 0 spiro atoms. The maximum atomic E-state index is 9.55. The molecule has 1 N–H and O–H groups in total. The van der Waals surface area contributed by atoms with E-state index in [1.807, 2.05) is 13.8 Å². The molecule has 0 atom stereocenters. The highest BCUT2D eigenvalue weighted by molar-refractivity contribution is 4.82. The van der Waals surface area contributed by atoms with Gasteiger partial charge in [0.25, 0.3) is 0 Å². The van der Waals surface area contributed by atoms with E-state index in [2.05, 4.69) is 18.7 Å². The van der Waals surface area contributed by atoms with E-state index in [4.69, 9.17) is 0 Å². The molecule has 0 amide bonds. The molecule has 14 heavy (non-hydrogen) atoms. The quantitative estimate of drug-likeness (QED) is 0.734. The second kappa shape index (κ2) is 4.63. The molecular formula is C12H25NO. The van der Waals surface area contributed by atoms with Gasteiger partial charge < -0.3 is 10.0 Å². The fourth-order valence-corrected chi connectivity index (χ4v) is 2.04. The van der Waals surface area contributed by atoms with Gasteiger partial charge in [0, 0.05) is 19.1 Å². The zero-order valence-corrected chi connectivity index (χ0v) is 10.1. The Labute approximate surface area is 88.3 Å². The minimum Gasteiger partial charge on any atom is -0.390 e. The van der Waals surface area contributed by atoms with E-state index in [-0.39, 0.29) is 0 Å². The lowest BCUT2D eigenvalue weighted by atomic mass is 9.90. The van der Waals surface area contributed by atoms with E-state index in [0.717, 1.165) is 12.3 Å². The Kier molecular flexibility index (Phi) is 3.96. The highest BCUT2D eigenvalue weighted by atomic mass is 16.3. The van der Waals surface area contributed by atoms with Gasteiger partial charge in [-0.15, -0.1) is 0 Å². The van der Waals surface area contributed by atoms with Gasteiger partial charge in [0.15, 0.2) is 0 Å². The van der Waals surface area contributed by atoms with Crippen LogP contribution >= 0.6 is 0 Å². The molecule has 1 fully saturated rings. The van der Waals surface area contributed by atoms with Crippen LogP contribution in [-0.2, 0) is 0 Å². The van der Waals surface area contributed by atoms with Crippen molar-refractivity contribution in [3.63, 3.8) is 0 Å². The summed E-state index contributed by atoms with van der Waals surface area (Å²) >= 11 is 0. The first-order valence-electron chi connectivity index (χ1n) is 5.85. The Bertz CT molecular complexity index is 166. The minimum absolute atomic E-state index is 0.471. The average Bonchev–Trinajstić information content (AvgIpc) is 1.90. The van der Waals surface area contributed by atoms with E-state index in [0.29, 0.717) is 6.04 Å². The third kappa shape index (κ3) is 3.97. The molecule has 1 aliphatic rings. The van der Waals surface area contributed by atoms with Crippen molar-refractivity contribution in [2.45, 2.75) is 58.6 Å². The van der Waals surface area contributed by atoms with Crippen LogP contribution in [0.1, 0.15) is 47.0 Å². The number of nitrogens with zero attached hydrogens (tertiary/aromatic N) is 1. The van der Waals surface area contributed by atoms with Crippen LogP contribution in [0.3, 0.4) is 0 Å². The topological polar surface area (TPSA) is 23.5 Å². The zero-order valence-electron chi connectivity index (χ0n) is 10.1. The van der Waals surface area contributed by atoms with Gasteiger partial charge >= 0.3 is 0 Å². The summed E-state index contributed by atoms with van der Waals surface area (Å²) in [5, 5.41) is 9.55. The first kappa shape index (κ1) is 12.0. The minimum atomic E-state index is -0.471. The molecule has 0 radical (unpaired) electrons. The molecule has 0 aliphatic carbocycles. The molecule has 0 aromatic heterocycles. The SMILES string of the molecule is CC(C)N1CC(CCCC(C)(C)O)C1. The van der Waals surface area contributed by atoms with Crippen LogP contribution < -0.4 is 0 Å². The van der Waals surface area contributed by atoms with Gasteiger partial charge in [-0.25, -0.2) is 0 Å². The van der Waals surface area contributed by atoms with Crippen LogP contribution in [0, 0.1) is 5.92 Å². The Balaban J connectivity index is 2.01. The first-order chi connectivity index (χ1) is 6.38. The van der Waals surface area contributed by atoms with Crippen LogP contribution in [0.4, 0.5) is 0 Å². The van der Waals surface area contributed by atoms with Crippen LogP contribution in [0.5, 0.6) is 0 Å². The summed E-state index contributed by atoms with van der Waals surface area (Å²) in [5.41, 5.74) is -0.471. The first-order valence-corrected chi connectivity index (χ1v) is 5.85. The van der Waals surface area contributed by atoms with Crippen LogP contribution in [0.25, 0.3) is 0 Å². The molecule has 1 saturated heterocycles. The zero-order chi connectivity index (χ0) is 10.8. The van der Waals surface area contributed by atoms with Gasteiger partial charge in [-0.05, 0) is 46.5 Å². The van der Waals surface area contributed by atoms with Crippen molar-refractivity contribution in [2.75, 3.05) is 13.1 Å². The summed E-state index contributed by atoms with van der Waals surface area (Å²) in [4.78, 5) is 2.51. The van der Waals surface area contributed by atoms with E-state index >= 15 is 0 Å². The fraction of sp³-hybridized carbons (Fsp3) is 1.00. The normalized spacial score (nSPS) is 20.1. The van der Waals surface area contributed by atoms with Crippen molar-refractivity contribution in [3.05, 3.63) is 0 Å². The Morgan fingerprint density at radius 1 is 1.36 bits per heavy atom. The fourth-order valence-electron chi connectivity index (χ4n) is 2.04. The van der Waals surface area contributed by atoms with Gasteiger partial charge in [-0.2, -0.15) is 0 Å². The van der Waals surface area contributed by atoms with Crippen molar-refractivity contribution in [1.82, 2.24) is 4.90 Å². The van der Waals surface area contributed by atoms with Gasteiger partial charge in [0.1, 0.15) is 0 Å². The standard InChI is InChI=1S/C12H25NO/c1-10(2)13-8-11(9-13)6-5-7-12(3,4)14/h10-11,14H,5-9H2,1-4H3. The molecule has 0 aromatic carbocycles. The number of rotatable bonds is 5. The largest absolute Gasteiger partial charge is 0.390 e. The van der Waals surface area contributed by atoms with Gasteiger partial charge in [0.05, 0.1) is 5.60 Å². The van der Waals surface area contributed by atoms with Gasteiger partial charge in [-0.3, -0.25) is 0 Å². The summed E-state index contributed by atoms with van der Waals surface area (Å²) in [6, 6.07) is 0.709. The molecule has 2 heteroatoms. The Morgan fingerprint density at radius 2 is 1.93 bits per heavy atom. The summed E-state index contributed by atoms with van der Waals surface area (Å²) < 4.78 is 0. The maximum Gasteiger partial charge on any atom is 0.0591 e. The number of aliphatic hydroxyl groups is 1. The van der Waals surface area contributed by atoms with Gasteiger partial charge in [-0.1, -0.05) is 6.42 Å². The van der Waals surface area contributed by atoms with E-state index in [9.17, 15) is 5.11 Å². The summed E-state index contributed by atoms with van der Waals surface area (Å²) in [6.45, 7) is 10.8. The molecule has 0 saturated carbocycles. The van der Waals surface area contributed by atoms with E-state index < -0.39 is 5.60 Å². The Morgan fingerprint density at radius 3 is 2.36 bits per heavy atom. The van der Waals surface area contributed by atoms with Crippen LogP contribution in [0.2, 0.25) is 0 Å². The number of hydrogen-bond acceptors (Lipinski definition) is 2. The van der Waals surface area contributed by atoms with Crippen molar-refractivity contribution >= 4 is 0 Å². The highest BCUT2D eigenvalue weighted by Gasteiger charge is 2.28. The summed E-state index contributed by atoms with van der Waals surface area (Å²) in [6.07, 6.45) is 3.39. The predicted octanol–water partition coefficient (Wildman–Crippen LogP) is 2.27. The van der Waals surface area contributed by atoms with Crippen molar-refractivity contribution in [3.8, 4) is 0 Å². The lowest BCUT2D eigenvalue weighted by Gasteiger charge is -2.42. The van der Waals surface area contributed by atoms with Crippen LogP contribution in [0.15, 0.2) is 0 Å². The Hall–Kier alpha value is -0.0800. The maximum absolute atomic E-state index is 9.55. The molecule has 84 valence electrons. The number of likely N-dealkylation sites (tertiary alicyclic amines) is 1. The van der Waals surface area contributed by atoms with E-state index in [1.165, 1.54) is 25.9 Å². The highest BCUT2D eigenvalue weighted by Crippen LogP contribution is 2.24. The molecule has 1 heterocycles. The molecule has 2 nitrogen and oxygen atoms in total. The smallest absolute Gasteiger partial charge is 0.0591 e.